The third-order valence-corrected chi connectivity index (χ3v) is 6.64. The molecule has 0 bridgehead atoms. The summed E-state index contributed by atoms with van der Waals surface area (Å²) in [6.45, 7) is 4.42. The van der Waals surface area contributed by atoms with E-state index in [0.29, 0.717) is 22.6 Å². The molecule has 1 heterocycles. The number of carbonyl (C=O) groups is 1. The molecule has 0 N–H and O–H groups in total. The molecule has 0 aliphatic heterocycles. The van der Waals surface area contributed by atoms with Crippen molar-refractivity contribution in [2.45, 2.75) is 25.5 Å². The van der Waals surface area contributed by atoms with E-state index in [9.17, 15) is 9.59 Å². The van der Waals surface area contributed by atoms with Crippen molar-refractivity contribution in [2.24, 2.45) is 0 Å². The maximum atomic E-state index is 13.5. The molecule has 1 aromatic heterocycles. The molecule has 3 aromatic carbocycles. The molecule has 4 rings (SSSR count). The number of fused-ring (bicyclic) bond motifs is 1. The van der Waals surface area contributed by atoms with Gasteiger partial charge in [-0.05, 0) is 54.8 Å². The number of hydrogen-bond acceptors (Lipinski definition) is 5. The van der Waals surface area contributed by atoms with Gasteiger partial charge in [0.1, 0.15) is 5.75 Å². The van der Waals surface area contributed by atoms with Crippen LogP contribution in [-0.2, 0) is 11.3 Å². The first-order valence-corrected chi connectivity index (χ1v) is 12.0. The highest BCUT2D eigenvalue weighted by molar-refractivity contribution is 7.99. The predicted octanol–water partition coefficient (Wildman–Crippen LogP) is 4.76. The van der Waals surface area contributed by atoms with Crippen LogP contribution in [0.3, 0.4) is 0 Å². The molecule has 0 unspecified atom stereocenters. The fourth-order valence-corrected chi connectivity index (χ4v) is 4.87. The van der Waals surface area contributed by atoms with Crippen molar-refractivity contribution in [1.82, 2.24) is 14.5 Å². The van der Waals surface area contributed by atoms with Crippen molar-refractivity contribution in [3.8, 4) is 11.4 Å². The SMILES string of the molecule is COc1cccc(CN(C)C(=O)CSc2nc3ccccc3c(=O)n2-c2c(C)cccc2C)c1. The Hall–Kier alpha value is -3.58. The summed E-state index contributed by atoms with van der Waals surface area (Å²) in [4.78, 5) is 32.9. The van der Waals surface area contributed by atoms with Crippen LogP contribution < -0.4 is 10.3 Å². The number of amides is 1. The molecular weight excluding hydrogens is 446 g/mol. The van der Waals surface area contributed by atoms with Gasteiger partial charge in [0.15, 0.2) is 5.16 Å². The molecule has 7 heteroatoms. The fraction of sp³-hybridized carbons (Fsp3) is 0.222. The standard InChI is InChI=1S/C27H27N3O3S/c1-18-9-7-10-19(2)25(18)30-26(32)22-13-5-6-14-23(22)28-27(30)34-17-24(31)29(3)16-20-11-8-12-21(15-20)33-4/h5-15H,16-17H2,1-4H3. The Morgan fingerprint density at radius 1 is 1.03 bits per heavy atom. The van der Waals surface area contributed by atoms with Crippen LogP contribution in [0.15, 0.2) is 76.7 Å². The van der Waals surface area contributed by atoms with Crippen molar-refractivity contribution < 1.29 is 9.53 Å². The fourth-order valence-electron chi connectivity index (χ4n) is 3.93. The molecule has 0 spiro atoms. The Balaban J connectivity index is 1.65. The van der Waals surface area contributed by atoms with Crippen molar-refractivity contribution >= 4 is 28.6 Å². The van der Waals surface area contributed by atoms with E-state index in [1.54, 1.807) is 29.7 Å². The second-order valence-corrected chi connectivity index (χ2v) is 9.13. The van der Waals surface area contributed by atoms with Gasteiger partial charge in [-0.1, -0.05) is 54.2 Å². The number of benzene rings is 3. The number of para-hydroxylation sites is 2. The van der Waals surface area contributed by atoms with Gasteiger partial charge < -0.3 is 9.64 Å². The third-order valence-electron chi connectivity index (χ3n) is 5.71. The lowest BCUT2D eigenvalue weighted by molar-refractivity contribution is -0.127. The van der Waals surface area contributed by atoms with Gasteiger partial charge in [-0.3, -0.25) is 14.2 Å². The number of thioether (sulfide) groups is 1. The average Bonchev–Trinajstić information content (AvgIpc) is 2.84. The van der Waals surface area contributed by atoms with E-state index in [0.717, 1.165) is 28.1 Å². The Labute approximate surface area is 203 Å². The molecular formula is C27H27N3O3S. The first kappa shape index (κ1) is 23.6. The van der Waals surface area contributed by atoms with Gasteiger partial charge in [-0.25, -0.2) is 4.98 Å². The highest BCUT2D eigenvalue weighted by atomic mass is 32.2. The quantitative estimate of drug-likeness (QED) is 0.286. The second kappa shape index (κ2) is 10.1. The van der Waals surface area contributed by atoms with Crippen LogP contribution in [0.25, 0.3) is 16.6 Å². The van der Waals surface area contributed by atoms with Crippen molar-refractivity contribution in [2.75, 3.05) is 19.9 Å². The van der Waals surface area contributed by atoms with E-state index in [1.165, 1.54) is 11.8 Å². The van der Waals surface area contributed by atoms with Crippen molar-refractivity contribution in [1.29, 1.82) is 0 Å². The molecule has 0 aliphatic carbocycles. The van der Waals surface area contributed by atoms with Gasteiger partial charge in [-0.15, -0.1) is 0 Å². The summed E-state index contributed by atoms with van der Waals surface area (Å²) in [6, 6.07) is 20.9. The minimum absolute atomic E-state index is 0.0525. The van der Waals surface area contributed by atoms with Gasteiger partial charge in [0.2, 0.25) is 5.91 Å². The number of nitrogens with zero attached hydrogens (tertiary/aromatic N) is 3. The number of hydrogen-bond donors (Lipinski definition) is 0. The largest absolute Gasteiger partial charge is 0.497 e. The summed E-state index contributed by atoms with van der Waals surface area (Å²) in [7, 11) is 3.39. The number of methoxy groups -OCH3 is 1. The molecule has 34 heavy (non-hydrogen) atoms. The van der Waals surface area contributed by atoms with Crippen LogP contribution >= 0.6 is 11.8 Å². The van der Waals surface area contributed by atoms with E-state index in [2.05, 4.69) is 0 Å². The first-order chi connectivity index (χ1) is 16.4. The van der Waals surface area contributed by atoms with Gasteiger partial charge in [0.25, 0.3) is 5.56 Å². The summed E-state index contributed by atoms with van der Waals surface area (Å²) >= 11 is 1.28. The monoisotopic (exact) mass is 473 g/mol. The maximum Gasteiger partial charge on any atom is 0.266 e. The normalized spacial score (nSPS) is 10.9. The van der Waals surface area contributed by atoms with Crippen LogP contribution in [-0.4, -0.2) is 40.3 Å². The maximum absolute atomic E-state index is 13.5. The zero-order chi connectivity index (χ0) is 24.2. The summed E-state index contributed by atoms with van der Waals surface area (Å²) in [5.41, 5.74) is 4.23. The third kappa shape index (κ3) is 4.84. The number of rotatable bonds is 7. The number of aryl methyl sites for hydroxylation is 2. The minimum atomic E-state index is -0.136. The number of aromatic nitrogens is 2. The smallest absolute Gasteiger partial charge is 0.266 e. The summed E-state index contributed by atoms with van der Waals surface area (Å²) in [5, 5.41) is 1.06. The van der Waals surface area contributed by atoms with E-state index < -0.39 is 0 Å². The molecule has 0 saturated carbocycles. The summed E-state index contributed by atoms with van der Waals surface area (Å²) in [5.74, 6) is 0.866. The Morgan fingerprint density at radius 2 is 1.74 bits per heavy atom. The summed E-state index contributed by atoms with van der Waals surface area (Å²) < 4.78 is 6.92. The van der Waals surface area contributed by atoms with Crippen molar-refractivity contribution in [3.05, 3.63) is 93.8 Å². The molecule has 0 saturated heterocycles. The molecule has 0 radical (unpaired) electrons. The van der Waals surface area contributed by atoms with Crippen LogP contribution in [0.1, 0.15) is 16.7 Å². The van der Waals surface area contributed by atoms with Crippen LogP contribution in [0.4, 0.5) is 0 Å². The topological polar surface area (TPSA) is 64.4 Å². The van der Waals surface area contributed by atoms with Crippen molar-refractivity contribution in [3.63, 3.8) is 0 Å². The lowest BCUT2D eigenvalue weighted by Gasteiger charge is -2.19. The number of ether oxygens (including phenoxy) is 1. The minimum Gasteiger partial charge on any atom is -0.497 e. The second-order valence-electron chi connectivity index (χ2n) is 8.18. The van der Waals surface area contributed by atoms with Crippen LogP contribution in [0.5, 0.6) is 5.75 Å². The van der Waals surface area contributed by atoms with E-state index in [1.807, 2.05) is 74.5 Å². The van der Waals surface area contributed by atoms with E-state index in [4.69, 9.17) is 9.72 Å². The molecule has 4 aromatic rings. The molecule has 174 valence electrons. The summed E-state index contributed by atoms with van der Waals surface area (Å²) in [6.07, 6.45) is 0. The van der Waals surface area contributed by atoms with E-state index in [-0.39, 0.29) is 17.2 Å². The van der Waals surface area contributed by atoms with Gasteiger partial charge in [-0.2, -0.15) is 0 Å². The lowest BCUT2D eigenvalue weighted by Crippen LogP contribution is -2.29. The van der Waals surface area contributed by atoms with Gasteiger partial charge in [0, 0.05) is 13.6 Å². The molecule has 0 atom stereocenters. The first-order valence-electron chi connectivity index (χ1n) is 11.0. The Bertz CT molecular complexity index is 1390. The highest BCUT2D eigenvalue weighted by Crippen LogP contribution is 2.26. The zero-order valence-electron chi connectivity index (χ0n) is 19.7. The lowest BCUT2D eigenvalue weighted by atomic mass is 10.1. The number of carbonyl (C=O) groups excluding carboxylic acids is 1. The van der Waals surface area contributed by atoms with Gasteiger partial charge in [0.05, 0.1) is 29.5 Å². The zero-order valence-corrected chi connectivity index (χ0v) is 20.6. The van der Waals surface area contributed by atoms with Gasteiger partial charge >= 0.3 is 0 Å². The molecule has 1 amide bonds. The molecule has 0 fully saturated rings. The molecule has 6 nitrogen and oxygen atoms in total. The molecule has 0 aliphatic rings. The van der Waals surface area contributed by atoms with Crippen LogP contribution in [0.2, 0.25) is 0 Å². The average molecular weight is 474 g/mol. The highest BCUT2D eigenvalue weighted by Gasteiger charge is 2.18. The van der Waals surface area contributed by atoms with E-state index >= 15 is 0 Å². The van der Waals surface area contributed by atoms with Crippen LogP contribution in [0, 0.1) is 13.8 Å². The Morgan fingerprint density at radius 3 is 2.47 bits per heavy atom. The predicted molar refractivity (Wildman–Crippen MR) is 137 cm³/mol. The Kier molecular flexibility index (Phi) is 7.03.